The number of nitro benzene ring substituents is 1. The van der Waals surface area contributed by atoms with Gasteiger partial charge in [-0.2, -0.15) is 4.39 Å². The molecule has 0 saturated carbocycles. The predicted octanol–water partition coefficient (Wildman–Crippen LogP) is 2.96. The molecule has 112 valence electrons. The van der Waals surface area contributed by atoms with Crippen molar-refractivity contribution in [2.75, 3.05) is 6.54 Å². The van der Waals surface area contributed by atoms with E-state index in [1.807, 2.05) is 12.2 Å². The van der Waals surface area contributed by atoms with Gasteiger partial charge < -0.3 is 5.32 Å². The molecule has 1 aliphatic rings. The minimum Gasteiger partial charge on any atom is -0.352 e. The molecule has 0 fully saturated rings. The molecule has 2 rings (SSSR count). The van der Waals surface area contributed by atoms with Gasteiger partial charge in [-0.05, 0) is 31.2 Å². The Labute approximate surface area is 119 Å². The van der Waals surface area contributed by atoms with Gasteiger partial charge in [0.2, 0.25) is 5.82 Å². The summed E-state index contributed by atoms with van der Waals surface area (Å²) < 4.78 is 27.1. The van der Waals surface area contributed by atoms with Gasteiger partial charge in [-0.25, -0.2) is 4.39 Å². The minimum atomic E-state index is -1.32. The summed E-state index contributed by atoms with van der Waals surface area (Å²) in [7, 11) is 0. The molecule has 1 amide bonds. The van der Waals surface area contributed by atoms with Crippen LogP contribution in [0.4, 0.5) is 14.5 Å². The molecule has 7 heteroatoms. The zero-order valence-corrected chi connectivity index (χ0v) is 11.1. The topological polar surface area (TPSA) is 72.2 Å². The highest BCUT2D eigenvalue weighted by atomic mass is 19.1. The van der Waals surface area contributed by atoms with Crippen LogP contribution >= 0.6 is 0 Å². The van der Waals surface area contributed by atoms with Crippen LogP contribution in [-0.4, -0.2) is 17.4 Å². The van der Waals surface area contributed by atoms with Crippen molar-refractivity contribution in [1.29, 1.82) is 0 Å². The molecule has 5 nitrogen and oxygen atoms in total. The number of carbonyl (C=O) groups excluding carboxylic acids is 1. The molecule has 21 heavy (non-hydrogen) atoms. The van der Waals surface area contributed by atoms with E-state index < -0.39 is 33.7 Å². The maximum Gasteiger partial charge on any atom is 0.308 e. The highest BCUT2D eigenvalue weighted by molar-refractivity contribution is 5.95. The van der Waals surface area contributed by atoms with Gasteiger partial charge in [0.25, 0.3) is 5.91 Å². The maximum absolute atomic E-state index is 13.8. The molecule has 0 saturated heterocycles. The summed E-state index contributed by atoms with van der Waals surface area (Å²) in [6.45, 7) is 0.326. The van der Waals surface area contributed by atoms with Crippen LogP contribution in [0.5, 0.6) is 0 Å². The summed E-state index contributed by atoms with van der Waals surface area (Å²) in [5, 5.41) is 13.1. The summed E-state index contributed by atoms with van der Waals surface area (Å²) in [6, 6.07) is 1.12. The second-order valence-corrected chi connectivity index (χ2v) is 4.90. The van der Waals surface area contributed by atoms with Gasteiger partial charge in [0, 0.05) is 6.54 Å². The van der Waals surface area contributed by atoms with Gasteiger partial charge in [0.15, 0.2) is 0 Å². The van der Waals surface area contributed by atoms with Gasteiger partial charge in [-0.15, -0.1) is 0 Å². The highest BCUT2D eigenvalue weighted by Gasteiger charge is 2.24. The van der Waals surface area contributed by atoms with E-state index in [1.54, 1.807) is 0 Å². The van der Waals surface area contributed by atoms with Gasteiger partial charge in [-0.3, -0.25) is 14.9 Å². The van der Waals surface area contributed by atoms with E-state index in [0.29, 0.717) is 18.7 Å². The summed E-state index contributed by atoms with van der Waals surface area (Å²) in [5.41, 5.74) is -1.69. The van der Waals surface area contributed by atoms with E-state index >= 15 is 0 Å². The van der Waals surface area contributed by atoms with Crippen molar-refractivity contribution in [2.45, 2.75) is 19.3 Å². The Morgan fingerprint density at radius 2 is 2.14 bits per heavy atom. The molecule has 1 N–H and O–H groups in total. The third-order valence-electron chi connectivity index (χ3n) is 3.39. The number of hydrogen-bond acceptors (Lipinski definition) is 3. The van der Waals surface area contributed by atoms with Crippen LogP contribution in [0.2, 0.25) is 0 Å². The SMILES string of the molecule is O=C(NCC1CC=CCC1)c1cc(F)cc([N+](=O)[O-])c1F. The second kappa shape index (κ2) is 6.43. The number of carbonyl (C=O) groups is 1. The number of halogens is 2. The normalized spacial score (nSPS) is 17.5. The standard InChI is InChI=1S/C14H14F2N2O3/c15-10-6-11(13(16)12(7-10)18(20)21)14(19)17-8-9-4-2-1-3-5-9/h1-2,6-7,9H,3-5,8H2,(H,17,19). The van der Waals surface area contributed by atoms with E-state index in [2.05, 4.69) is 5.32 Å². The molecular weight excluding hydrogens is 282 g/mol. The van der Waals surface area contributed by atoms with Crippen LogP contribution in [0.1, 0.15) is 29.6 Å². The fraction of sp³-hybridized carbons (Fsp3) is 0.357. The molecular formula is C14H14F2N2O3. The molecule has 0 spiro atoms. The van der Waals surface area contributed by atoms with Crippen LogP contribution in [0.3, 0.4) is 0 Å². The molecule has 1 unspecified atom stereocenters. The monoisotopic (exact) mass is 296 g/mol. The highest BCUT2D eigenvalue weighted by Crippen LogP contribution is 2.23. The molecule has 1 aromatic rings. The van der Waals surface area contributed by atoms with Crippen molar-refractivity contribution < 1.29 is 18.5 Å². The van der Waals surface area contributed by atoms with Crippen LogP contribution < -0.4 is 5.32 Å². The Bertz CT molecular complexity index is 602. The Morgan fingerprint density at radius 1 is 1.38 bits per heavy atom. The number of benzene rings is 1. The lowest BCUT2D eigenvalue weighted by Gasteiger charge is -2.18. The lowest BCUT2D eigenvalue weighted by atomic mass is 9.94. The van der Waals surface area contributed by atoms with Crippen molar-refractivity contribution in [2.24, 2.45) is 5.92 Å². The van der Waals surface area contributed by atoms with E-state index in [0.717, 1.165) is 19.3 Å². The molecule has 0 radical (unpaired) electrons. The van der Waals surface area contributed by atoms with E-state index in [-0.39, 0.29) is 5.92 Å². The molecule has 0 aromatic heterocycles. The quantitative estimate of drug-likeness (QED) is 0.527. The second-order valence-electron chi connectivity index (χ2n) is 4.90. The average Bonchev–Trinajstić information content (AvgIpc) is 2.47. The predicted molar refractivity (Wildman–Crippen MR) is 71.8 cm³/mol. The lowest BCUT2D eigenvalue weighted by Crippen LogP contribution is -2.30. The van der Waals surface area contributed by atoms with Crippen molar-refractivity contribution in [3.63, 3.8) is 0 Å². The number of amides is 1. The van der Waals surface area contributed by atoms with E-state index in [9.17, 15) is 23.7 Å². The molecule has 1 aromatic carbocycles. The zero-order valence-electron chi connectivity index (χ0n) is 11.1. The third-order valence-corrected chi connectivity index (χ3v) is 3.39. The van der Waals surface area contributed by atoms with Gasteiger partial charge >= 0.3 is 5.69 Å². The molecule has 0 bridgehead atoms. The van der Waals surface area contributed by atoms with Crippen molar-refractivity contribution in [3.8, 4) is 0 Å². The van der Waals surface area contributed by atoms with Crippen LogP contribution in [0.15, 0.2) is 24.3 Å². The van der Waals surface area contributed by atoms with E-state index in [4.69, 9.17) is 0 Å². The smallest absolute Gasteiger partial charge is 0.308 e. The average molecular weight is 296 g/mol. The largest absolute Gasteiger partial charge is 0.352 e. The van der Waals surface area contributed by atoms with E-state index in [1.165, 1.54) is 0 Å². The first-order chi connectivity index (χ1) is 9.99. The van der Waals surface area contributed by atoms with Crippen molar-refractivity contribution >= 4 is 11.6 Å². The Balaban J connectivity index is 2.11. The first kappa shape index (κ1) is 15.1. The third kappa shape index (κ3) is 3.62. The number of hydrogen-bond donors (Lipinski definition) is 1. The number of nitrogens with zero attached hydrogens (tertiary/aromatic N) is 1. The fourth-order valence-corrected chi connectivity index (χ4v) is 2.25. The lowest BCUT2D eigenvalue weighted by molar-refractivity contribution is -0.387. The first-order valence-electron chi connectivity index (χ1n) is 6.55. The maximum atomic E-state index is 13.8. The zero-order chi connectivity index (χ0) is 15.4. The number of nitro groups is 1. The molecule has 1 aliphatic carbocycles. The minimum absolute atomic E-state index is 0.241. The van der Waals surface area contributed by atoms with Crippen LogP contribution in [0, 0.1) is 27.7 Å². The van der Waals surface area contributed by atoms with Gasteiger partial charge in [0.05, 0.1) is 16.6 Å². The molecule has 1 atom stereocenters. The summed E-state index contributed by atoms with van der Waals surface area (Å²) >= 11 is 0. The van der Waals surface area contributed by atoms with Crippen molar-refractivity contribution in [3.05, 3.63) is 51.6 Å². The van der Waals surface area contributed by atoms with Gasteiger partial charge in [0.1, 0.15) is 5.82 Å². The number of rotatable bonds is 4. The Hall–Kier alpha value is -2.31. The Kier molecular flexibility index (Phi) is 4.62. The van der Waals surface area contributed by atoms with Crippen LogP contribution in [-0.2, 0) is 0 Å². The number of nitrogens with one attached hydrogen (secondary N) is 1. The van der Waals surface area contributed by atoms with Crippen molar-refractivity contribution in [1.82, 2.24) is 5.32 Å². The van der Waals surface area contributed by atoms with Crippen LogP contribution in [0.25, 0.3) is 0 Å². The summed E-state index contributed by atoms with van der Waals surface area (Å²) in [6.07, 6.45) is 6.69. The summed E-state index contributed by atoms with van der Waals surface area (Å²) in [4.78, 5) is 21.4. The molecule has 0 aliphatic heterocycles. The first-order valence-corrected chi connectivity index (χ1v) is 6.55. The number of allylic oxidation sites excluding steroid dienone is 2. The summed E-state index contributed by atoms with van der Waals surface area (Å²) in [5.74, 6) is -2.94. The molecule has 0 heterocycles. The Morgan fingerprint density at radius 3 is 2.76 bits per heavy atom. The fourth-order valence-electron chi connectivity index (χ4n) is 2.25. The van der Waals surface area contributed by atoms with Gasteiger partial charge in [-0.1, -0.05) is 12.2 Å².